The molecule has 0 atom stereocenters. The Kier molecular flexibility index (Phi) is 5.96. The van der Waals surface area contributed by atoms with Gasteiger partial charge in [0.15, 0.2) is 5.13 Å². The average molecular weight is 442 g/mol. The van der Waals surface area contributed by atoms with Gasteiger partial charge >= 0.3 is 0 Å². The van der Waals surface area contributed by atoms with Crippen molar-refractivity contribution in [3.8, 4) is 0 Å². The molecule has 1 aromatic carbocycles. The van der Waals surface area contributed by atoms with Crippen molar-refractivity contribution in [1.29, 1.82) is 0 Å². The van der Waals surface area contributed by atoms with E-state index < -0.39 is 5.91 Å². The van der Waals surface area contributed by atoms with Crippen molar-refractivity contribution in [2.45, 2.75) is 18.7 Å². The maximum Gasteiger partial charge on any atom is 0.276 e. The Morgan fingerprint density at radius 1 is 1.27 bits per heavy atom. The number of carbonyl (C=O) groups excluding carboxylic acids is 2. The molecule has 0 saturated carbocycles. The van der Waals surface area contributed by atoms with Crippen LogP contribution in [0.4, 0.5) is 5.13 Å². The molecule has 10 heteroatoms. The first-order chi connectivity index (χ1) is 14.5. The summed E-state index contributed by atoms with van der Waals surface area (Å²) in [6.07, 6.45) is 2.51. The van der Waals surface area contributed by atoms with Crippen molar-refractivity contribution in [3.63, 3.8) is 0 Å². The van der Waals surface area contributed by atoms with Crippen LogP contribution in [0.15, 0.2) is 41.2 Å². The SMILES string of the molecule is CSCc1nc(C(=O)Nc2nc3c(s2)CN(C(=O)c2ccccc2)CC3)cc(=O)[nH]1. The van der Waals surface area contributed by atoms with Crippen molar-refractivity contribution in [2.24, 2.45) is 0 Å². The molecule has 30 heavy (non-hydrogen) atoms. The Bertz CT molecular complexity index is 1140. The Hall–Kier alpha value is -2.98. The molecule has 0 bridgehead atoms. The van der Waals surface area contributed by atoms with Gasteiger partial charge < -0.3 is 9.88 Å². The molecule has 0 aliphatic carbocycles. The van der Waals surface area contributed by atoms with Crippen molar-refractivity contribution in [1.82, 2.24) is 19.9 Å². The lowest BCUT2D eigenvalue weighted by atomic mass is 10.1. The number of anilines is 1. The van der Waals surface area contributed by atoms with Gasteiger partial charge in [0, 0.05) is 29.5 Å². The van der Waals surface area contributed by atoms with E-state index in [0.29, 0.717) is 41.8 Å². The number of aromatic amines is 1. The number of hydrogen-bond donors (Lipinski definition) is 2. The molecule has 0 unspecified atom stereocenters. The van der Waals surface area contributed by atoms with Crippen LogP contribution in [0, 0.1) is 0 Å². The second-order valence-electron chi connectivity index (χ2n) is 6.70. The number of fused-ring (bicyclic) bond motifs is 1. The minimum Gasteiger partial charge on any atom is -0.333 e. The molecular formula is C20H19N5O3S2. The fourth-order valence-corrected chi connectivity index (χ4v) is 4.61. The predicted octanol–water partition coefficient (Wildman–Crippen LogP) is 2.54. The highest BCUT2D eigenvalue weighted by molar-refractivity contribution is 7.97. The van der Waals surface area contributed by atoms with Gasteiger partial charge in [0.05, 0.1) is 18.0 Å². The van der Waals surface area contributed by atoms with Gasteiger partial charge in [0.25, 0.3) is 17.4 Å². The molecule has 3 heterocycles. The molecule has 3 aromatic rings. The second kappa shape index (κ2) is 8.80. The molecular weight excluding hydrogens is 422 g/mol. The number of nitrogens with zero attached hydrogens (tertiary/aromatic N) is 3. The molecule has 2 aromatic heterocycles. The molecule has 4 rings (SSSR count). The normalized spacial score (nSPS) is 13.0. The number of thiazole rings is 1. The van der Waals surface area contributed by atoms with E-state index in [2.05, 4.69) is 20.3 Å². The van der Waals surface area contributed by atoms with E-state index >= 15 is 0 Å². The molecule has 2 amide bonds. The van der Waals surface area contributed by atoms with Crippen LogP contribution in [0.3, 0.4) is 0 Å². The molecule has 2 N–H and O–H groups in total. The van der Waals surface area contributed by atoms with Crippen LogP contribution < -0.4 is 10.9 Å². The standard InChI is InChI=1S/C20H19N5O3S2/c1-29-11-16-21-14(9-17(26)23-16)18(27)24-20-22-13-7-8-25(10-15(13)30-20)19(28)12-5-3-2-4-6-12/h2-6,9H,7-8,10-11H2,1H3,(H,21,23,26)(H,22,24,27). The molecule has 1 aliphatic heterocycles. The first-order valence-corrected chi connectivity index (χ1v) is 11.5. The number of H-pyrrole nitrogens is 1. The molecule has 0 radical (unpaired) electrons. The molecule has 0 spiro atoms. The number of thioether (sulfide) groups is 1. The lowest BCUT2D eigenvalue weighted by Gasteiger charge is -2.26. The van der Waals surface area contributed by atoms with Gasteiger partial charge in [0.1, 0.15) is 11.5 Å². The summed E-state index contributed by atoms with van der Waals surface area (Å²) in [5.74, 6) is 0.461. The van der Waals surface area contributed by atoms with Crippen LogP contribution in [0.2, 0.25) is 0 Å². The number of amides is 2. The largest absolute Gasteiger partial charge is 0.333 e. The highest BCUT2D eigenvalue weighted by Crippen LogP contribution is 2.29. The van der Waals surface area contributed by atoms with E-state index in [1.165, 1.54) is 29.2 Å². The van der Waals surface area contributed by atoms with E-state index in [9.17, 15) is 14.4 Å². The fourth-order valence-electron chi connectivity index (χ4n) is 3.18. The van der Waals surface area contributed by atoms with Crippen LogP contribution in [-0.4, -0.2) is 44.5 Å². The summed E-state index contributed by atoms with van der Waals surface area (Å²) in [4.78, 5) is 51.1. The fraction of sp³-hybridized carbons (Fsp3) is 0.250. The van der Waals surface area contributed by atoms with Gasteiger partial charge in [-0.2, -0.15) is 11.8 Å². The van der Waals surface area contributed by atoms with Crippen LogP contribution in [0.5, 0.6) is 0 Å². The Morgan fingerprint density at radius 2 is 2.07 bits per heavy atom. The second-order valence-corrected chi connectivity index (χ2v) is 8.65. The highest BCUT2D eigenvalue weighted by Gasteiger charge is 2.25. The zero-order valence-corrected chi connectivity index (χ0v) is 17.8. The van der Waals surface area contributed by atoms with Crippen molar-refractivity contribution in [3.05, 3.63) is 74.4 Å². The Morgan fingerprint density at radius 3 is 2.83 bits per heavy atom. The number of hydrogen-bond acceptors (Lipinski definition) is 7. The summed E-state index contributed by atoms with van der Waals surface area (Å²) in [7, 11) is 0. The van der Waals surface area contributed by atoms with Gasteiger partial charge in [-0.15, -0.1) is 0 Å². The van der Waals surface area contributed by atoms with E-state index in [1.807, 2.05) is 24.5 Å². The van der Waals surface area contributed by atoms with Crippen molar-refractivity contribution >= 4 is 40.0 Å². The summed E-state index contributed by atoms with van der Waals surface area (Å²) in [6.45, 7) is 1.03. The summed E-state index contributed by atoms with van der Waals surface area (Å²) in [5, 5.41) is 3.17. The monoisotopic (exact) mass is 441 g/mol. The first kappa shape index (κ1) is 20.3. The van der Waals surface area contributed by atoms with Gasteiger partial charge in [-0.3, -0.25) is 19.7 Å². The topological polar surface area (TPSA) is 108 Å². The maximum absolute atomic E-state index is 12.7. The average Bonchev–Trinajstić information content (AvgIpc) is 3.15. The molecule has 8 nitrogen and oxygen atoms in total. The smallest absolute Gasteiger partial charge is 0.276 e. The van der Waals surface area contributed by atoms with E-state index in [4.69, 9.17) is 0 Å². The summed E-state index contributed by atoms with van der Waals surface area (Å²) < 4.78 is 0. The van der Waals surface area contributed by atoms with Crippen LogP contribution >= 0.6 is 23.1 Å². The van der Waals surface area contributed by atoms with Crippen LogP contribution in [0.25, 0.3) is 0 Å². The highest BCUT2D eigenvalue weighted by atomic mass is 32.2. The van der Waals surface area contributed by atoms with Gasteiger partial charge in [-0.25, -0.2) is 9.97 Å². The number of carbonyl (C=O) groups is 2. The molecule has 1 aliphatic rings. The lowest BCUT2D eigenvalue weighted by Crippen LogP contribution is -2.35. The summed E-state index contributed by atoms with van der Waals surface area (Å²) in [5.41, 5.74) is 1.22. The number of rotatable bonds is 5. The quantitative estimate of drug-likeness (QED) is 0.630. The third-order valence-corrected chi connectivity index (χ3v) is 6.12. The van der Waals surface area contributed by atoms with E-state index in [1.54, 1.807) is 17.0 Å². The van der Waals surface area contributed by atoms with E-state index in [0.717, 1.165) is 10.6 Å². The summed E-state index contributed by atoms with van der Waals surface area (Å²) >= 11 is 2.84. The zero-order chi connectivity index (χ0) is 21.1. The molecule has 0 fully saturated rings. The van der Waals surface area contributed by atoms with Gasteiger partial charge in [-0.1, -0.05) is 29.5 Å². The van der Waals surface area contributed by atoms with Gasteiger partial charge in [-0.05, 0) is 18.4 Å². The Labute approximate surface area is 180 Å². The van der Waals surface area contributed by atoms with Crippen molar-refractivity contribution < 1.29 is 9.59 Å². The lowest BCUT2D eigenvalue weighted by molar-refractivity contribution is 0.0736. The minimum absolute atomic E-state index is 0.0192. The number of nitrogens with one attached hydrogen (secondary N) is 2. The first-order valence-electron chi connectivity index (χ1n) is 9.27. The minimum atomic E-state index is -0.480. The molecule has 154 valence electrons. The van der Waals surface area contributed by atoms with Gasteiger partial charge in [0.2, 0.25) is 0 Å². The zero-order valence-electron chi connectivity index (χ0n) is 16.2. The third kappa shape index (κ3) is 4.44. The van der Waals surface area contributed by atoms with E-state index in [-0.39, 0.29) is 17.2 Å². The molecule has 0 saturated heterocycles. The van der Waals surface area contributed by atoms with Crippen LogP contribution in [0.1, 0.15) is 37.2 Å². The maximum atomic E-state index is 12.7. The summed E-state index contributed by atoms with van der Waals surface area (Å²) in [6, 6.07) is 10.3. The number of benzene rings is 1. The Balaban J connectivity index is 1.47. The predicted molar refractivity (Wildman–Crippen MR) is 117 cm³/mol. The number of aromatic nitrogens is 3. The van der Waals surface area contributed by atoms with Crippen molar-refractivity contribution in [2.75, 3.05) is 18.1 Å². The van der Waals surface area contributed by atoms with Crippen LogP contribution in [-0.2, 0) is 18.7 Å². The third-order valence-electron chi connectivity index (χ3n) is 4.56.